The number of halogens is 3. The quantitative estimate of drug-likeness (QED) is 0.675. The summed E-state index contributed by atoms with van der Waals surface area (Å²) in [4.78, 5) is 33.6. The maximum Gasteiger partial charge on any atom is 0.417 e. The van der Waals surface area contributed by atoms with Crippen LogP contribution in [0.2, 0.25) is 0 Å². The molecule has 1 aliphatic rings. The van der Waals surface area contributed by atoms with E-state index in [1.54, 1.807) is 0 Å². The molecule has 0 radical (unpaired) electrons. The van der Waals surface area contributed by atoms with Gasteiger partial charge >= 0.3 is 11.9 Å². The lowest BCUT2D eigenvalue weighted by molar-refractivity contribution is -0.136. The van der Waals surface area contributed by atoms with Crippen LogP contribution in [0.5, 0.6) is 0 Å². The highest BCUT2D eigenvalue weighted by molar-refractivity contribution is 5.82. The van der Waals surface area contributed by atoms with Crippen LogP contribution in [0.25, 0.3) is 11.1 Å². The summed E-state index contributed by atoms with van der Waals surface area (Å²) in [6.45, 7) is 1.72. The third-order valence-electron chi connectivity index (χ3n) is 4.34. The van der Waals surface area contributed by atoms with Gasteiger partial charge in [0, 0.05) is 18.7 Å². The molecule has 4 heterocycles. The number of hydrogen-bond donors (Lipinski definition) is 2. The van der Waals surface area contributed by atoms with E-state index in [0.29, 0.717) is 17.7 Å². The molecule has 11 heteroatoms. The first-order valence-electron chi connectivity index (χ1n) is 7.67. The Morgan fingerprint density at radius 1 is 1.27 bits per heavy atom. The average molecular weight is 367 g/mol. The highest BCUT2D eigenvalue weighted by atomic mass is 19.4. The van der Waals surface area contributed by atoms with Crippen LogP contribution in [-0.2, 0) is 19.1 Å². The molecule has 0 saturated carbocycles. The predicted molar refractivity (Wildman–Crippen MR) is 84.0 cm³/mol. The maximum atomic E-state index is 13.5. The van der Waals surface area contributed by atoms with Crippen molar-refractivity contribution in [2.75, 3.05) is 11.4 Å². The number of anilines is 1. The fraction of sp³-hybridized carbons (Fsp3) is 0.333. The zero-order valence-corrected chi connectivity index (χ0v) is 13.4. The Bertz CT molecular complexity index is 1130. The van der Waals surface area contributed by atoms with Crippen molar-refractivity contribution in [2.24, 2.45) is 0 Å². The monoisotopic (exact) mass is 367 g/mol. The van der Waals surface area contributed by atoms with Crippen LogP contribution in [0.4, 0.5) is 19.0 Å². The number of rotatable bonds is 1. The third-order valence-corrected chi connectivity index (χ3v) is 4.34. The summed E-state index contributed by atoms with van der Waals surface area (Å²) in [5.41, 5.74) is -1.42. The first-order chi connectivity index (χ1) is 12.2. The van der Waals surface area contributed by atoms with Crippen molar-refractivity contribution in [2.45, 2.75) is 26.1 Å². The first-order valence-corrected chi connectivity index (χ1v) is 7.67. The minimum atomic E-state index is -4.61. The number of H-pyrrole nitrogens is 2. The second-order valence-corrected chi connectivity index (χ2v) is 6.01. The molecular weight excluding hydrogens is 355 g/mol. The average Bonchev–Trinajstić information content (AvgIpc) is 2.94. The van der Waals surface area contributed by atoms with Crippen LogP contribution in [0.3, 0.4) is 0 Å². The predicted octanol–water partition coefficient (Wildman–Crippen LogP) is 1.49. The molecule has 3 aromatic heterocycles. The molecular formula is C15H12F3N5O3. The molecule has 0 unspecified atom stereocenters. The fourth-order valence-electron chi connectivity index (χ4n) is 3.12. The van der Waals surface area contributed by atoms with Crippen molar-refractivity contribution in [1.29, 1.82) is 0 Å². The number of nitrogens with zero attached hydrogens (tertiary/aromatic N) is 3. The Morgan fingerprint density at radius 2 is 2.04 bits per heavy atom. The molecule has 0 spiro atoms. The first kappa shape index (κ1) is 16.4. The van der Waals surface area contributed by atoms with E-state index in [0.717, 1.165) is 6.07 Å². The number of nitrogens with one attached hydrogen (secondary N) is 2. The van der Waals surface area contributed by atoms with E-state index >= 15 is 0 Å². The summed E-state index contributed by atoms with van der Waals surface area (Å²) in [5, 5.41) is 3.39. The van der Waals surface area contributed by atoms with Gasteiger partial charge in [0.05, 0.1) is 28.8 Å². The van der Waals surface area contributed by atoms with Gasteiger partial charge in [0.1, 0.15) is 5.82 Å². The lowest BCUT2D eigenvalue weighted by atomic mass is 10.1. The number of alkyl halides is 3. The van der Waals surface area contributed by atoms with Gasteiger partial charge in [-0.3, -0.25) is 9.78 Å². The van der Waals surface area contributed by atoms with E-state index in [2.05, 4.69) is 20.1 Å². The zero-order chi connectivity index (χ0) is 18.6. The SMILES string of the molecule is Cc1noc2nc(N3CCc4[nH]c(=O)[nH]c(=O)c4C3)cc(C(F)(F)F)c12. The summed E-state index contributed by atoms with van der Waals surface area (Å²) in [7, 11) is 0. The van der Waals surface area contributed by atoms with Crippen LogP contribution >= 0.6 is 0 Å². The van der Waals surface area contributed by atoms with Crippen LogP contribution in [-0.4, -0.2) is 26.7 Å². The van der Waals surface area contributed by atoms with Crippen LogP contribution < -0.4 is 16.1 Å². The molecule has 8 nitrogen and oxygen atoms in total. The Labute approximate surface area is 142 Å². The molecule has 0 aromatic carbocycles. The maximum absolute atomic E-state index is 13.5. The van der Waals surface area contributed by atoms with E-state index in [1.807, 2.05) is 0 Å². The van der Waals surface area contributed by atoms with Crippen molar-refractivity contribution in [1.82, 2.24) is 20.1 Å². The number of fused-ring (bicyclic) bond motifs is 2. The number of aryl methyl sites for hydroxylation is 1. The summed E-state index contributed by atoms with van der Waals surface area (Å²) < 4.78 is 45.3. The number of pyridine rings is 1. The highest BCUT2D eigenvalue weighted by Crippen LogP contribution is 2.38. The molecule has 26 heavy (non-hydrogen) atoms. The van der Waals surface area contributed by atoms with Gasteiger partial charge in [-0.1, -0.05) is 5.16 Å². The van der Waals surface area contributed by atoms with E-state index in [-0.39, 0.29) is 35.7 Å². The number of aromatic nitrogens is 4. The summed E-state index contributed by atoms with van der Waals surface area (Å²) in [6.07, 6.45) is -4.31. The smallest absolute Gasteiger partial charge is 0.351 e. The molecule has 1 aliphatic heterocycles. The van der Waals surface area contributed by atoms with Gasteiger partial charge in [-0.15, -0.1) is 0 Å². The largest absolute Gasteiger partial charge is 0.417 e. The van der Waals surface area contributed by atoms with E-state index < -0.39 is 23.0 Å². The fourth-order valence-corrected chi connectivity index (χ4v) is 3.12. The molecule has 3 aromatic rings. The van der Waals surface area contributed by atoms with Crippen LogP contribution in [0.15, 0.2) is 20.2 Å². The van der Waals surface area contributed by atoms with Gasteiger partial charge in [-0.2, -0.15) is 18.2 Å². The second kappa shape index (κ2) is 5.44. The van der Waals surface area contributed by atoms with Gasteiger partial charge < -0.3 is 14.4 Å². The molecule has 136 valence electrons. The molecule has 0 atom stereocenters. The third kappa shape index (κ3) is 2.55. The van der Waals surface area contributed by atoms with Crippen LogP contribution in [0, 0.1) is 6.92 Å². The lowest BCUT2D eigenvalue weighted by Gasteiger charge is -2.29. The minimum Gasteiger partial charge on any atom is -0.351 e. The van der Waals surface area contributed by atoms with Gasteiger partial charge in [-0.05, 0) is 13.0 Å². The van der Waals surface area contributed by atoms with Gasteiger partial charge in [0.2, 0.25) is 0 Å². The summed E-state index contributed by atoms with van der Waals surface area (Å²) in [5.74, 6) is 0.0252. The lowest BCUT2D eigenvalue weighted by Crippen LogP contribution is -2.39. The molecule has 0 bridgehead atoms. The minimum absolute atomic E-state index is 0.0182. The van der Waals surface area contributed by atoms with Crippen molar-refractivity contribution < 1.29 is 17.7 Å². The van der Waals surface area contributed by atoms with E-state index in [1.165, 1.54) is 11.8 Å². The normalized spacial score (nSPS) is 14.7. The molecule has 0 amide bonds. The highest BCUT2D eigenvalue weighted by Gasteiger charge is 2.36. The molecule has 4 rings (SSSR count). The summed E-state index contributed by atoms with van der Waals surface area (Å²) >= 11 is 0. The molecule has 0 saturated heterocycles. The second-order valence-electron chi connectivity index (χ2n) is 6.01. The Kier molecular flexibility index (Phi) is 3.43. The van der Waals surface area contributed by atoms with E-state index in [9.17, 15) is 22.8 Å². The standard InChI is InChI=1S/C15H12F3N5O3/c1-6-11-8(15(16,17)18)4-10(20-13(11)26-22-6)23-3-2-9-7(5-23)12(24)21-14(25)19-9/h4H,2-3,5H2,1H3,(H2,19,21,24,25). The Hall–Kier alpha value is -3.11. The van der Waals surface area contributed by atoms with E-state index in [4.69, 9.17) is 4.52 Å². The van der Waals surface area contributed by atoms with Gasteiger partial charge in [-0.25, -0.2) is 4.79 Å². The number of aromatic amines is 2. The molecule has 0 aliphatic carbocycles. The summed E-state index contributed by atoms with van der Waals surface area (Å²) in [6, 6.07) is 0.928. The molecule has 2 N–H and O–H groups in total. The zero-order valence-electron chi connectivity index (χ0n) is 13.4. The van der Waals surface area contributed by atoms with Gasteiger partial charge in [0.15, 0.2) is 0 Å². The molecule has 0 fully saturated rings. The van der Waals surface area contributed by atoms with Crippen molar-refractivity contribution in [3.8, 4) is 0 Å². The van der Waals surface area contributed by atoms with Crippen molar-refractivity contribution in [3.63, 3.8) is 0 Å². The van der Waals surface area contributed by atoms with Crippen LogP contribution in [0.1, 0.15) is 22.5 Å². The van der Waals surface area contributed by atoms with Gasteiger partial charge in [0.25, 0.3) is 11.3 Å². The Balaban J connectivity index is 1.83. The van der Waals surface area contributed by atoms with Crippen molar-refractivity contribution >= 4 is 16.9 Å². The topological polar surface area (TPSA) is 108 Å². The Morgan fingerprint density at radius 3 is 2.77 bits per heavy atom. The van der Waals surface area contributed by atoms with Crippen molar-refractivity contribution in [3.05, 3.63) is 49.4 Å². The number of hydrogen-bond acceptors (Lipinski definition) is 6.